The van der Waals surface area contributed by atoms with Crippen LogP contribution >= 0.6 is 0 Å². The average molecular weight is 512 g/mol. The Morgan fingerprint density at radius 2 is 0.675 bits per heavy atom. The number of aromatic nitrogens is 3. The van der Waals surface area contributed by atoms with Crippen molar-refractivity contribution in [2.24, 2.45) is 0 Å². The molecule has 40 heavy (non-hydrogen) atoms. The Balaban J connectivity index is 1.36. The molecule has 0 saturated carbocycles. The second-order valence-electron chi connectivity index (χ2n) is 9.76. The van der Waals surface area contributed by atoms with Crippen molar-refractivity contribution in [3.63, 3.8) is 0 Å². The van der Waals surface area contributed by atoms with E-state index in [9.17, 15) is 0 Å². The van der Waals surface area contributed by atoms with Gasteiger partial charge in [0.15, 0.2) is 17.5 Å². The smallest absolute Gasteiger partial charge is 0.164 e. The maximum absolute atomic E-state index is 4.98. The Bertz CT molecular complexity index is 1930. The van der Waals surface area contributed by atoms with Gasteiger partial charge in [-0.15, -0.1) is 0 Å². The number of benzene rings is 6. The molecule has 0 aliphatic rings. The number of hydrogen-bond donors (Lipinski definition) is 0. The maximum Gasteiger partial charge on any atom is 0.164 e. The molecule has 1 aromatic heterocycles. The molecule has 6 aromatic carbocycles. The highest BCUT2D eigenvalue weighted by Gasteiger charge is 2.14. The quantitative estimate of drug-likeness (QED) is 0.231. The van der Waals surface area contributed by atoms with E-state index in [0.29, 0.717) is 17.5 Å². The Morgan fingerprint density at radius 1 is 0.250 bits per heavy atom. The van der Waals surface area contributed by atoms with E-state index in [1.165, 1.54) is 10.9 Å². The van der Waals surface area contributed by atoms with Crippen LogP contribution in [0.5, 0.6) is 0 Å². The van der Waals surface area contributed by atoms with Crippen LogP contribution in [0.4, 0.5) is 0 Å². The fourth-order valence-corrected chi connectivity index (χ4v) is 5.00. The summed E-state index contributed by atoms with van der Waals surface area (Å²) in [5, 5.41) is 2.34. The number of rotatable bonds is 5. The highest BCUT2D eigenvalue weighted by Crippen LogP contribution is 2.30. The highest BCUT2D eigenvalue weighted by molar-refractivity contribution is 5.86. The lowest BCUT2D eigenvalue weighted by Gasteiger charge is -2.11. The van der Waals surface area contributed by atoms with Crippen LogP contribution in [-0.2, 0) is 0 Å². The van der Waals surface area contributed by atoms with Gasteiger partial charge in [-0.25, -0.2) is 15.0 Å². The molecule has 0 fully saturated rings. The van der Waals surface area contributed by atoms with Gasteiger partial charge in [0, 0.05) is 16.7 Å². The van der Waals surface area contributed by atoms with Crippen LogP contribution in [0, 0.1) is 0 Å². The van der Waals surface area contributed by atoms with Gasteiger partial charge in [-0.05, 0) is 45.2 Å². The van der Waals surface area contributed by atoms with Crippen LogP contribution in [0.2, 0.25) is 0 Å². The highest BCUT2D eigenvalue weighted by atomic mass is 15.0. The van der Waals surface area contributed by atoms with E-state index < -0.39 is 0 Å². The number of hydrogen-bond acceptors (Lipinski definition) is 3. The average Bonchev–Trinajstić information content (AvgIpc) is 3.05. The predicted molar refractivity (Wildman–Crippen MR) is 165 cm³/mol. The standard InChI is InChI=1S/C37H25N3/c1-3-10-26(11-4-1)29-18-21-30(22-19-29)35-38-36(33-17-9-16-32(24-33)27-12-5-2-6-13-27)40-37(39-35)34-23-20-28-14-7-8-15-31(28)25-34/h1-25H. The molecule has 7 aromatic rings. The third-order valence-corrected chi connectivity index (χ3v) is 7.12. The van der Waals surface area contributed by atoms with Gasteiger partial charge < -0.3 is 0 Å². The fraction of sp³-hybridized carbons (Fsp3) is 0. The topological polar surface area (TPSA) is 38.7 Å². The second-order valence-corrected chi connectivity index (χ2v) is 9.76. The van der Waals surface area contributed by atoms with Crippen molar-refractivity contribution in [1.29, 1.82) is 0 Å². The summed E-state index contributed by atoms with van der Waals surface area (Å²) >= 11 is 0. The first-order valence-corrected chi connectivity index (χ1v) is 13.4. The van der Waals surface area contributed by atoms with Gasteiger partial charge >= 0.3 is 0 Å². The Morgan fingerprint density at radius 3 is 1.35 bits per heavy atom. The molecule has 188 valence electrons. The van der Waals surface area contributed by atoms with E-state index in [0.717, 1.165) is 38.8 Å². The lowest BCUT2D eigenvalue weighted by atomic mass is 10.0. The molecule has 0 N–H and O–H groups in total. The minimum absolute atomic E-state index is 0.651. The molecule has 7 rings (SSSR count). The van der Waals surface area contributed by atoms with Gasteiger partial charge in [-0.1, -0.05) is 140 Å². The summed E-state index contributed by atoms with van der Waals surface area (Å²) in [4.78, 5) is 14.9. The first-order chi connectivity index (χ1) is 19.8. The van der Waals surface area contributed by atoms with Crippen molar-refractivity contribution in [2.45, 2.75) is 0 Å². The molecule has 3 nitrogen and oxygen atoms in total. The van der Waals surface area contributed by atoms with Crippen LogP contribution in [0.15, 0.2) is 152 Å². The van der Waals surface area contributed by atoms with Gasteiger partial charge in [-0.3, -0.25) is 0 Å². The zero-order valence-electron chi connectivity index (χ0n) is 21.8. The second kappa shape index (κ2) is 10.4. The minimum atomic E-state index is 0.651. The molecule has 0 aliphatic carbocycles. The van der Waals surface area contributed by atoms with Crippen LogP contribution in [0.25, 0.3) is 67.2 Å². The van der Waals surface area contributed by atoms with Crippen molar-refractivity contribution < 1.29 is 0 Å². The summed E-state index contributed by atoms with van der Waals surface area (Å²) in [6, 6.07) is 52.3. The molecule has 0 radical (unpaired) electrons. The first-order valence-electron chi connectivity index (χ1n) is 13.4. The van der Waals surface area contributed by atoms with Crippen molar-refractivity contribution in [2.75, 3.05) is 0 Å². The van der Waals surface area contributed by atoms with Crippen LogP contribution < -0.4 is 0 Å². The van der Waals surface area contributed by atoms with E-state index in [1.807, 2.05) is 12.1 Å². The van der Waals surface area contributed by atoms with Gasteiger partial charge in [0.05, 0.1) is 0 Å². The zero-order chi connectivity index (χ0) is 26.7. The van der Waals surface area contributed by atoms with Gasteiger partial charge in [-0.2, -0.15) is 0 Å². The van der Waals surface area contributed by atoms with E-state index in [1.54, 1.807) is 0 Å². The molecule has 3 heteroatoms. The Hall–Kier alpha value is -5.41. The van der Waals surface area contributed by atoms with Crippen molar-refractivity contribution in [3.8, 4) is 56.4 Å². The summed E-state index contributed by atoms with van der Waals surface area (Å²) in [7, 11) is 0. The molecular weight excluding hydrogens is 486 g/mol. The van der Waals surface area contributed by atoms with Crippen LogP contribution in [0.1, 0.15) is 0 Å². The molecule has 0 bridgehead atoms. The van der Waals surface area contributed by atoms with Gasteiger partial charge in [0.1, 0.15) is 0 Å². The van der Waals surface area contributed by atoms with Gasteiger partial charge in [0.25, 0.3) is 0 Å². The van der Waals surface area contributed by atoms with Crippen LogP contribution in [0.3, 0.4) is 0 Å². The third kappa shape index (κ3) is 4.77. The lowest BCUT2D eigenvalue weighted by Crippen LogP contribution is -2.00. The summed E-state index contributed by atoms with van der Waals surface area (Å²) in [6.07, 6.45) is 0. The van der Waals surface area contributed by atoms with E-state index >= 15 is 0 Å². The monoisotopic (exact) mass is 511 g/mol. The molecule has 0 unspecified atom stereocenters. The largest absolute Gasteiger partial charge is 0.208 e. The molecule has 0 saturated heterocycles. The Kier molecular flexibility index (Phi) is 6.15. The minimum Gasteiger partial charge on any atom is -0.208 e. The van der Waals surface area contributed by atoms with E-state index in [-0.39, 0.29) is 0 Å². The van der Waals surface area contributed by atoms with E-state index in [2.05, 4.69) is 140 Å². The fourth-order valence-electron chi connectivity index (χ4n) is 5.00. The van der Waals surface area contributed by atoms with Crippen molar-refractivity contribution in [3.05, 3.63) is 152 Å². The maximum atomic E-state index is 4.98. The Labute approximate surface area is 233 Å². The third-order valence-electron chi connectivity index (χ3n) is 7.12. The molecular formula is C37H25N3. The number of fused-ring (bicyclic) bond motifs is 1. The lowest BCUT2D eigenvalue weighted by molar-refractivity contribution is 1.07. The summed E-state index contributed by atoms with van der Waals surface area (Å²) in [5.74, 6) is 1.96. The SMILES string of the molecule is c1ccc(-c2ccc(-c3nc(-c4cccc(-c5ccccc5)c4)nc(-c4ccc5ccccc5c4)n3)cc2)cc1. The molecule has 1 heterocycles. The molecule has 0 atom stereocenters. The summed E-state index contributed by atoms with van der Waals surface area (Å²) in [6.45, 7) is 0. The molecule has 0 spiro atoms. The van der Waals surface area contributed by atoms with Crippen molar-refractivity contribution >= 4 is 10.8 Å². The first kappa shape index (κ1) is 23.7. The molecule has 0 amide bonds. The normalized spacial score (nSPS) is 11.0. The predicted octanol–water partition coefficient (Wildman–Crippen LogP) is 9.36. The number of nitrogens with zero attached hydrogens (tertiary/aromatic N) is 3. The van der Waals surface area contributed by atoms with E-state index in [4.69, 9.17) is 15.0 Å². The van der Waals surface area contributed by atoms with Crippen molar-refractivity contribution in [1.82, 2.24) is 15.0 Å². The van der Waals surface area contributed by atoms with Crippen LogP contribution in [-0.4, -0.2) is 15.0 Å². The summed E-state index contributed by atoms with van der Waals surface area (Å²) < 4.78 is 0. The molecule has 0 aliphatic heterocycles. The summed E-state index contributed by atoms with van der Waals surface area (Å²) in [5.41, 5.74) is 7.48. The van der Waals surface area contributed by atoms with Gasteiger partial charge in [0.2, 0.25) is 0 Å². The zero-order valence-corrected chi connectivity index (χ0v) is 21.8.